The zero-order chi connectivity index (χ0) is 26.4. The molecule has 0 radical (unpaired) electrons. The van der Waals surface area contributed by atoms with Gasteiger partial charge in [0.25, 0.3) is 5.91 Å². The second-order valence-electron chi connectivity index (χ2n) is 7.96. The number of anilines is 2. The first-order valence-electron chi connectivity index (χ1n) is 11.4. The van der Waals surface area contributed by atoms with E-state index in [1.54, 1.807) is 55.6 Å². The molecule has 0 unspecified atom stereocenters. The number of methoxy groups -OCH3 is 1. The summed E-state index contributed by atoms with van der Waals surface area (Å²) < 4.78 is 37.3. The lowest BCUT2D eigenvalue weighted by Gasteiger charge is -2.24. The fourth-order valence-electron chi connectivity index (χ4n) is 3.54. The van der Waals surface area contributed by atoms with Gasteiger partial charge in [0, 0.05) is 11.1 Å². The normalized spacial score (nSPS) is 11.1. The number of nitrogens with one attached hydrogen (secondary N) is 1. The third-order valence-corrected chi connectivity index (χ3v) is 7.37. The van der Waals surface area contributed by atoms with Crippen LogP contribution in [-0.4, -0.2) is 44.5 Å². The van der Waals surface area contributed by atoms with Crippen LogP contribution in [-0.2, 0) is 16.6 Å². The van der Waals surface area contributed by atoms with E-state index in [2.05, 4.69) is 15.5 Å². The number of hydrogen-bond acceptors (Lipinski definition) is 8. The Kier molecular flexibility index (Phi) is 8.04. The van der Waals surface area contributed by atoms with Crippen molar-refractivity contribution < 1.29 is 22.7 Å². The van der Waals surface area contributed by atoms with Gasteiger partial charge in [-0.15, -0.1) is 10.2 Å². The second kappa shape index (κ2) is 11.4. The predicted molar refractivity (Wildman–Crippen MR) is 145 cm³/mol. The number of carbonyl (C=O) groups is 1. The van der Waals surface area contributed by atoms with E-state index < -0.39 is 10.0 Å². The summed E-state index contributed by atoms with van der Waals surface area (Å²) in [5, 5.41) is 12.0. The molecular weight excluding hydrogens is 512 g/mol. The average molecular weight is 539 g/mol. The molecule has 1 amide bonds. The summed E-state index contributed by atoms with van der Waals surface area (Å²) in [6.07, 6.45) is 1.15. The minimum Gasteiger partial charge on any atom is -0.497 e. The molecule has 0 aliphatic rings. The van der Waals surface area contributed by atoms with Crippen LogP contribution in [0, 0.1) is 0 Å². The third kappa shape index (κ3) is 6.43. The molecule has 4 rings (SSSR count). The van der Waals surface area contributed by atoms with Crippen LogP contribution >= 0.6 is 11.3 Å². The Morgan fingerprint density at radius 3 is 2.35 bits per heavy atom. The van der Waals surface area contributed by atoms with E-state index in [-0.39, 0.29) is 12.5 Å². The maximum Gasteiger partial charge on any atom is 0.257 e. The minimum absolute atomic E-state index is 0.0897. The lowest BCUT2D eigenvalue weighted by molar-refractivity contribution is 0.102. The summed E-state index contributed by atoms with van der Waals surface area (Å²) in [7, 11) is -1.99. The number of amides is 1. The summed E-state index contributed by atoms with van der Waals surface area (Å²) >= 11 is 1.26. The smallest absolute Gasteiger partial charge is 0.257 e. The Morgan fingerprint density at radius 1 is 1.00 bits per heavy atom. The molecule has 0 saturated heterocycles. The van der Waals surface area contributed by atoms with E-state index in [9.17, 15) is 13.2 Å². The van der Waals surface area contributed by atoms with Crippen molar-refractivity contribution in [2.24, 2.45) is 0 Å². The summed E-state index contributed by atoms with van der Waals surface area (Å²) in [4.78, 5) is 12.8. The van der Waals surface area contributed by atoms with E-state index in [1.807, 2.05) is 31.2 Å². The number of ether oxygens (including phenoxy) is 2. The Balaban J connectivity index is 1.46. The predicted octanol–water partition coefficient (Wildman–Crippen LogP) is 4.83. The zero-order valence-corrected chi connectivity index (χ0v) is 22.2. The van der Waals surface area contributed by atoms with Crippen molar-refractivity contribution in [2.75, 3.05) is 29.6 Å². The molecule has 0 aliphatic carbocycles. The summed E-state index contributed by atoms with van der Waals surface area (Å²) in [6.45, 7) is 2.34. The van der Waals surface area contributed by atoms with Crippen molar-refractivity contribution in [1.82, 2.24) is 10.2 Å². The van der Waals surface area contributed by atoms with E-state index in [1.165, 1.54) is 15.6 Å². The SMILES string of the molecule is CCOc1ccccc1N(Cc1ccc(C(=O)Nc2nnc(-c3ccc(OC)cc3)s2)cc1)S(C)(=O)=O. The Hall–Kier alpha value is -3.96. The molecule has 1 aromatic heterocycles. The lowest BCUT2D eigenvalue weighted by Crippen LogP contribution is -2.29. The van der Waals surface area contributed by atoms with Crippen molar-refractivity contribution >= 4 is 38.1 Å². The van der Waals surface area contributed by atoms with Gasteiger partial charge in [0.15, 0.2) is 0 Å². The van der Waals surface area contributed by atoms with Gasteiger partial charge in [0.05, 0.1) is 32.2 Å². The summed E-state index contributed by atoms with van der Waals surface area (Å²) in [5.74, 6) is 0.881. The number of hydrogen-bond donors (Lipinski definition) is 1. The van der Waals surface area contributed by atoms with Crippen LogP contribution in [0.15, 0.2) is 72.8 Å². The molecule has 0 bridgehead atoms. The molecule has 11 heteroatoms. The molecular formula is C26H26N4O5S2. The maximum absolute atomic E-state index is 12.8. The van der Waals surface area contributed by atoms with Crippen molar-refractivity contribution in [1.29, 1.82) is 0 Å². The van der Waals surface area contributed by atoms with E-state index >= 15 is 0 Å². The van der Waals surface area contributed by atoms with Gasteiger partial charge in [-0.05, 0) is 61.0 Å². The maximum atomic E-state index is 12.8. The monoisotopic (exact) mass is 538 g/mol. The highest BCUT2D eigenvalue weighted by Crippen LogP contribution is 2.31. The van der Waals surface area contributed by atoms with Crippen LogP contribution in [0.1, 0.15) is 22.8 Å². The van der Waals surface area contributed by atoms with Gasteiger partial charge in [-0.25, -0.2) is 8.42 Å². The first kappa shape index (κ1) is 26.1. The van der Waals surface area contributed by atoms with Gasteiger partial charge >= 0.3 is 0 Å². The molecule has 0 spiro atoms. The molecule has 1 N–H and O–H groups in total. The van der Waals surface area contributed by atoms with Crippen LogP contribution in [0.2, 0.25) is 0 Å². The van der Waals surface area contributed by atoms with Crippen LogP contribution < -0.4 is 19.1 Å². The number of nitrogens with zero attached hydrogens (tertiary/aromatic N) is 3. The quantitative estimate of drug-likeness (QED) is 0.308. The highest BCUT2D eigenvalue weighted by Gasteiger charge is 2.22. The molecule has 0 fully saturated rings. The molecule has 0 aliphatic heterocycles. The molecule has 4 aromatic rings. The van der Waals surface area contributed by atoms with Gasteiger partial charge in [0.1, 0.15) is 16.5 Å². The van der Waals surface area contributed by atoms with Crippen LogP contribution in [0.4, 0.5) is 10.8 Å². The highest BCUT2D eigenvalue weighted by atomic mass is 32.2. The molecule has 1 heterocycles. The molecule has 192 valence electrons. The van der Waals surface area contributed by atoms with Crippen LogP contribution in [0.3, 0.4) is 0 Å². The Labute approximate surface area is 219 Å². The number of benzene rings is 3. The van der Waals surface area contributed by atoms with E-state index in [0.29, 0.717) is 39.3 Å². The van der Waals surface area contributed by atoms with E-state index in [4.69, 9.17) is 9.47 Å². The highest BCUT2D eigenvalue weighted by molar-refractivity contribution is 7.92. The van der Waals surface area contributed by atoms with Crippen molar-refractivity contribution in [3.05, 3.63) is 83.9 Å². The fraction of sp³-hybridized carbons (Fsp3) is 0.192. The average Bonchev–Trinajstić information content (AvgIpc) is 3.36. The van der Waals surface area contributed by atoms with Gasteiger partial charge in [-0.2, -0.15) is 0 Å². The minimum atomic E-state index is -3.60. The van der Waals surface area contributed by atoms with Gasteiger partial charge in [-0.1, -0.05) is 35.6 Å². The van der Waals surface area contributed by atoms with Gasteiger partial charge in [-0.3, -0.25) is 14.4 Å². The second-order valence-corrected chi connectivity index (χ2v) is 10.8. The Bertz CT molecular complexity index is 1470. The third-order valence-electron chi connectivity index (χ3n) is 5.36. The van der Waals surface area contributed by atoms with Gasteiger partial charge in [0.2, 0.25) is 15.2 Å². The molecule has 0 atom stereocenters. The molecule has 9 nitrogen and oxygen atoms in total. The van der Waals surface area contributed by atoms with Crippen molar-refractivity contribution in [3.8, 4) is 22.1 Å². The summed E-state index contributed by atoms with van der Waals surface area (Å²) in [5.41, 5.74) is 2.44. The van der Waals surface area contributed by atoms with Crippen molar-refractivity contribution in [2.45, 2.75) is 13.5 Å². The number of sulfonamides is 1. The zero-order valence-electron chi connectivity index (χ0n) is 20.5. The summed E-state index contributed by atoms with van der Waals surface area (Å²) in [6, 6.07) is 21.1. The number of aromatic nitrogens is 2. The Morgan fingerprint density at radius 2 is 1.70 bits per heavy atom. The van der Waals surface area contributed by atoms with Gasteiger partial charge < -0.3 is 9.47 Å². The van der Waals surface area contributed by atoms with E-state index in [0.717, 1.165) is 17.6 Å². The number of carbonyl (C=O) groups excluding carboxylic acids is 1. The first-order chi connectivity index (χ1) is 17.8. The molecule has 3 aromatic carbocycles. The topological polar surface area (TPSA) is 111 Å². The number of rotatable bonds is 10. The number of para-hydroxylation sites is 2. The lowest BCUT2D eigenvalue weighted by atomic mass is 10.1. The first-order valence-corrected chi connectivity index (χ1v) is 14.0. The molecule has 0 saturated carbocycles. The largest absolute Gasteiger partial charge is 0.497 e. The van der Waals surface area contributed by atoms with Crippen molar-refractivity contribution in [3.63, 3.8) is 0 Å². The van der Waals surface area contributed by atoms with Crippen LogP contribution in [0.5, 0.6) is 11.5 Å². The fourth-order valence-corrected chi connectivity index (χ4v) is 5.18. The molecule has 37 heavy (non-hydrogen) atoms. The van der Waals surface area contributed by atoms with Crippen LogP contribution in [0.25, 0.3) is 10.6 Å². The standard InChI is InChI=1S/C26H26N4O5S2/c1-4-35-23-8-6-5-7-22(23)30(37(3,32)33)17-18-9-11-19(12-10-18)24(31)27-26-29-28-25(36-26)20-13-15-21(34-2)16-14-20/h5-16H,4,17H2,1-3H3,(H,27,29,31).